The zero-order valence-corrected chi connectivity index (χ0v) is 41.0. The molecular weight excluding hydrogens is 889 g/mol. The van der Waals surface area contributed by atoms with Gasteiger partial charge in [0.25, 0.3) is 0 Å². The predicted octanol–water partition coefficient (Wildman–Crippen LogP) is 2.32. The van der Waals surface area contributed by atoms with Crippen molar-refractivity contribution in [2.24, 2.45) is 11.8 Å². The molecule has 8 rings (SSSR count). The summed E-state index contributed by atoms with van der Waals surface area (Å²) in [6, 6.07) is 8.40. The maximum Gasteiger partial charge on any atom is 0.333 e. The van der Waals surface area contributed by atoms with E-state index in [0.717, 1.165) is 43.7 Å². The molecule has 6 fully saturated rings. The van der Waals surface area contributed by atoms with Gasteiger partial charge in [-0.15, -0.1) is 0 Å². The second-order valence-corrected chi connectivity index (χ2v) is 20.4. The molecule has 1 unspecified atom stereocenters. The average molecular weight is 957 g/mol. The molecule has 2 bridgehead atoms. The number of amides is 6. The number of anilines is 1. The van der Waals surface area contributed by atoms with E-state index in [4.69, 9.17) is 4.74 Å². The number of benzene rings is 2. The third kappa shape index (κ3) is 11.3. The second kappa shape index (κ2) is 22.3. The number of rotatable bonds is 10. The molecule has 6 saturated heterocycles. The number of cyclic esters (lactones) is 1. The van der Waals surface area contributed by atoms with Gasteiger partial charge in [0.1, 0.15) is 42.1 Å². The molecule has 68 heavy (non-hydrogen) atoms. The number of nitrogens with one attached hydrogen (secondary N) is 3. The highest BCUT2D eigenvalue weighted by atomic mass is 32.2. The Kier molecular flexibility index (Phi) is 16.5. The molecule has 0 aliphatic carbocycles. The smallest absolute Gasteiger partial charge is 0.333 e. The molecule has 6 aliphatic heterocycles. The lowest BCUT2D eigenvalue weighted by Crippen LogP contribution is -2.63. The van der Waals surface area contributed by atoms with Crippen LogP contribution >= 0.6 is 11.8 Å². The van der Waals surface area contributed by atoms with E-state index in [-0.39, 0.29) is 44.6 Å². The minimum absolute atomic E-state index is 0.00529. The first-order chi connectivity index (χ1) is 32.6. The number of hydrogen-bond donors (Lipinski definition) is 3. The molecule has 368 valence electrons. The summed E-state index contributed by atoms with van der Waals surface area (Å²) in [5.41, 5.74) is 2.00. The van der Waals surface area contributed by atoms with Crippen molar-refractivity contribution >= 4 is 64.6 Å². The molecule has 0 radical (unpaired) electrons. The fourth-order valence-corrected chi connectivity index (χ4v) is 11.9. The summed E-state index contributed by atoms with van der Waals surface area (Å²) in [4.78, 5) is 124. The van der Waals surface area contributed by atoms with Crippen molar-refractivity contribution in [2.75, 3.05) is 64.5 Å². The van der Waals surface area contributed by atoms with E-state index in [1.165, 1.54) is 28.7 Å². The van der Waals surface area contributed by atoms with Crippen LogP contribution in [-0.4, -0.2) is 168 Å². The van der Waals surface area contributed by atoms with Crippen molar-refractivity contribution in [3.8, 4) is 0 Å². The first-order valence-electron chi connectivity index (χ1n) is 24.2. The number of ketones is 1. The van der Waals surface area contributed by atoms with E-state index in [1.54, 1.807) is 55.9 Å². The number of esters is 1. The van der Waals surface area contributed by atoms with Gasteiger partial charge in [-0.1, -0.05) is 56.3 Å². The standard InChI is InChI=1S/C50H68N8O9S/c1-7-36-47(63)57-22-12-15-37(57)48(64)55(6)39(25-31-16-18-35(19-17-31)54(4)5)49(65)58-27-34(29-68-41-28-56-23-20-32(41)21-24-56)40(59)26-38(58)45(61)53-44(33-13-10-9-11-14-33)50(66)67-30(3)43(46(62)51-36)52-42(60)8-2/h9-11,13-14,16-19,30,32,34,36-39,41,43-44H,7-8,12,15,20-29H2,1-6H3,(H,51,62)(H,52,60)(H,53,61)/t30-,34+,36-,37+,38+,39+,41?,43+,44+/m1/s1. The van der Waals surface area contributed by atoms with E-state index in [1.807, 2.05) is 43.3 Å². The first kappa shape index (κ1) is 50.4. The summed E-state index contributed by atoms with van der Waals surface area (Å²) < 4.78 is 5.93. The minimum atomic E-state index is -1.47. The third-order valence-corrected chi connectivity index (χ3v) is 16.1. The van der Waals surface area contributed by atoms with Gasteiger partial charge in [-0.25, -0.2) is 4.79 Å². The van der Waals surface area contributed by atoms with Crippen molar-refractivity contribution in [1.29, 1.82) is 0 Å². The van der Waals surface area contributed by atoms with Gasteiger partial charge < -0.3 is 45.2 Å². The van der Waals surface area contributed by atoms with Gasteiger partial charge in [-0.3, -0.25) is 33.6 Å². The molecule has 0 aromatic heterocycles. The van der Waals surface area contributed by atoms with Crippen LogP contribution in [0.5, 0.6) is 0 Å². The summed E-state index contributed by atoms with van der Waals surface area (Å²) in [6.45, 7) is 7.97. The molecule has 9 atom stereocenters. The van der Waals surface area contributed by atoms with Gasteiger partial charge in [0.05, 0.1) is 0 Å². The molecule has 2 aromatic carbocycles. The number of nitrogens with zero attached hydrogens (tertiary/aromatic N) is 5. The van der Waals surface area contributed by atoms with E-state index in [0.29, 0.717) is 35.3 Å². The Morgan fingerprint density at radius 2 is 1.53 bits per heavy atom. The lowest BCUT2D eigenvalue weighted by Gasteiger charge is -2.45. The highest BCUT2D eigenvalue weighted by Crippen LogP contribution is 2.37. The zero-order chi connectivity index (χ0) is 48.8. The van der Waals surface area contributed by atoms with Crippen LogP contribution in [0.4, 0.5) is 5.69 Å². The number of fused-ring (bicyclic) bond motifs is 5. The maximum atomic E-state index is 15.6. The molecule has 18 heteroatoms. The van der Waals surface area contributed by atoms with Crippen LogP contribution in [0.2, 0.25) is 0 Å². The summed E-state index contributed by atoms with van der Waals surface area (Å²) in [5, 5.41) is 8.55. The Hall–Kier alpha value is -5.49. The number of hydrogen-bond acceptors (Lipinski definition) is 12. The van der Waals surface area contributed by atoms with E-state index in [9.17, 15) is 33.6 Å². The van der Waals surface area contributed by atoms with Crippen LogP contribution in [0.3, 0.4) is 0 Å². The van der Waals surface area contributed by atoms with Crippen LogP contribution in [0.25, 0.3) is 0 Å². The molecular formula is C50H68N8O9S. The summed E-state index contributed by atoms with van der Waals surface area (Å²) in [5.74, 6) is -4.34. The van der Waals surface area contributed by atoms with Crippen LogP contribution in [0.15, 0.2) is 54.6 Å². The average Bonchev–Trinajstić information content (AvgIpc) is 3.85. The van der Waals surface area contributed by atoms with Crippen molar-refractivity contribution in [3.05, 3.63) is 65.7 Å². The van der Waals surface area contributed by atoms with Gasteiger partial charge in [0.15, 0.2) is 6.04 Å². The second-order valence-electron chi connectivity index (χ2n) is 19.2. The van der Waals surface area contributed by atoms with Gasteiger partial charge in [0.2, 0.25) is 35.4 Å². The van der Waals surface area contributed by atoms with E-state index >= 15 is 4.79 Å². The quantitative estimate of drug-likeness (QED) is 0.295. The van der Waals surface area contributed by atoms with Gasteiger partial charge in [-0.05, 0) is 81.3 Å². The van der Waals surface area contributed by atoms with Crippen LogP contribution < -0.4 is 20.9 Å². The monoisotopic (exact) mass is 956 g/mol. The lowest BCUT2D eigenvalue weighted by molar-refractivity contribution is -0.158. The minimum Gasteiger partial charge on any atom is -0.458 e. The number of piperidine rings is 4. The summed E-state index contributed by atoms with van der Waals surface area (Å²) in [6.07, 6.45) is 1.58. The normalized spacial score (nSPS) is 30.9. The number of thioether (sulfide) groups is 1. The Bertz CT molecular complexity index is 2190. The third-order valence-electron chi connectivity index (χ3n) is 14.5. The lowest BCUT2D eigenvalue weighted by atomic mass is 9.88. The van der Waals surface area contributed by atoms with Crippen LogP contribution in [-0.2, 0) is 49.5 Å². The van der Waals surface area contributed by atoms with E-state index in [2.05, 4.69) is 20.9 Å². The number of ether oxygens (including phenoxy) is 1. The Morgan fingerprint density at radius 3 is 2.16 bits per heavy atom. The molecule has 6 aliphatic rings. The molecule has 3 N–H and O–H groups in total. The maximum absolute atomic E-state index is 15.6. The van der Waals surface area contributed by atoms with Gasteiger partial charge in [0, 0.05) is 82.6 Å². The number of carbonyl (C=O) groups excluding carboxylic acids is 8. The molecule has 2 aromatic rings. The SMILES string of the molecule is CCC(=O)N[C@@H]1C(=O)N[C@H](CC)C(=O)N2CCC[C@H]2C(=O)N(C)[C@@H](Cc2ccc(N(C)C)cc2)C(=O)N2C[C@@H](CSC3CN4CCC3CC4)C(=O)C[C@H]2C(=O)N[C@@H](c2ccccc2)C(=O)O[C@@H]1C. The van der Waals surface area contributed by atoms with Gasteiger partial charge in [-0.2, -0.15) is 11.8 Å². The molecule has 17 nitrogen and oxygen atoms in total. The Labute approximate surface area is 403 Å². The van der Waals surface area contributed by atoms with E-state index < -0.39 is 89.7 Å². The van der Waals surface area contributed by atoms with Crippen LogP contribution in [0.1, 0.15) is 82.9 Å². The largest absolute Gasteiger partial charge is 0.458 e. The fraction of sp³-hybridized carbons (Fsp3) is 0.600. The first-order valence-corrected chi connectivity index (χ1v) is 25.3. The van der Waals surface area contributed by atoms with Crippen molar-refractivity contribution < 1.29 is 43.1 Å². The Balaban J connectivity index is 1.30. The molecule has 0 spiro atoms. The zero-order valence-electron chi connectivity index (χ0n) is 40.2. The highest BCUT2D eigenvalue weighted by molar-refractivity contribution is 8.00. The fourth-order valence-electron chi connectivity index (χ4n) is 10.3. The predicted molar refractivity (Wildman–Crippen MR) is 257 cm³/mol. The summed E-state index contributed by atoms with van der Waals surface area (Å²) in [7, 11) is 5.37. The number of Topliss-reactive ketones (excluding diaryl/α,β-unsaturated/α-hetero) is 1. The Morgan fingerprint density at radius 1 is 0.824 bits per heavy atom. The van der Waals surface area contributed by atoms with Crippen molar-refractivity contribution in [3.63, 3.8) is 0 Å². The van der Waals surface area contributed by atoms with Crippen LogP contribution in [0, 0.1) is 11.8 Å². The van der Waals surface area contributed by atoms with Crippen molar-refractivity contribution in [1.82, 2.24) is 35.6 Å². The molecule has 6 heterocycles. The molecule has 0 saturated carbocycles. The molecule has 6 amide bonds. The topological polar surface area (TPSA) is 198 Å². The summed E-state index contributed by atoms with van der Waals surface area (Å²) >= 11 is 1.75. The number of likely N-dealkylation sites (N-methyl/N-ethyl adjacent to an activating group) is 1. The van der Waals surface area contributed by atoms with Crippen molar-refractivity contribution in [2.45, 2.75) is 120 Å². The highest BCUT2D eigenvalue weighted by Gasteiger charge is 2.48. The number of carbonyl (C=O) groups is 8. The van der Waals surface area contributed by atoms with Gasteiger partial charge >= 0.3 is 5.97 Å².